The van der Waals surface area contributed by atoms with Crippen LogP contribution in [0, 0.1) is 6.92 Å². The van der Waals surface area contributed by atoms with Crippen molar-refractivity contribution in [2.24, 2.45) is 0 Å². The predicted molar refractivity (Wildman–Crippen MR) is 82.2 cm³/mol. The van der Waals surface area contributed by atoms with Crippen LogP contribution in [0.2, 0.25) is 0 Å². The van der Waals surface area contributed by atoms with Gasteiger partial charge in [0.05, 0.1) is 6.61 Å². The highest BCUT2D eigenvalue weighted by atomic mass is 16.5. The molecule has 104 valence electrons. The highest BCUT2D eigenvalue weighted by Crippen LogP contribution is 2.25. The Balaban J connectivity index is 1.48. The molecule has 0 aromatic heterocycles. The third-order valence-corrected chi connectivity index (χ3v) is 3.76. The summed E-state index contributed by atoms with van der Waals surface area (Å²) in [6.45, 7) is 4.92. The summed E-state index contributed by atoms with van der Waals surface area (Å²) in [5, 5.41) is 3.51. The van der Waals surface area contributed by atoms with Gasteiger partial charge in [0.15, 0.2) is 0 Å². The number of hydrogen-bond donors (Lipinski definition) is 1. The minimum atomic E-state index is 0.838. The maximum absolute atomic E-state index is 5.53. The Labute approximate surface area is 120 Å². The van der Waals surface area contributed by atoms with Crippen molar-refractivity contribution in [1.82, 2.24) is 5.32 Å². The zero-order valence-electron chi connectivity index (χ0n) is 12.0. The molecule has 0 unspecified atom stereocenters. The summed E-state index contributed by atoms with van der Waals surface area (Å²) in [5.41, 5.74) is 5.43. The third kappa shape index (κ3) is 3.20. The van der Waals surface area contributed by atoms with E-state index in [1.54, 1.807) is 0 Å². The van der Waals surface area contributed by atoms with E-state index in [-0.39, 0.29) is 0 Å². The number of benzene rings is 2. The number of rotatable bonds is 5. The van der Waals surface area contributed by atoms with E-state index >= 15 is 0 Å². The normalized spacial score (nSPS) is 13.1. The van der Waals surface area contributed by atoms with Crippen LogP contribution in [0.25, 0.3) is 0 Å². The molecule has 0 amide bonds. The minimum absolute atomic E-state index is 0.838. The Bertz CT molecular complexity index is 592. The van der Waals surface area contributed by atoms with Crippen LogP contribution in [0.3, 0.4) is 0 Å². The second kappa shape index (κ2) is 6.10. The average Bonchev–Trinajstić information content (AvgIpc) is 2.91. The number of ether oxygens (including phenoxy) is 1. The molecule has 1 aliphatic heterocycles. The van der Waals surface area contributed by atoms with Crippen LogP contribution in [-0.4, -0.2) is 13.2 Å². The van der Waals surface area contributed by atoms with Gasteiger partial charge in [0.2, 0.25) is 0 Å². The molecule has 20 heavy (non-hydrogen) atoms. The fourth-order valence-corrected chi connectivity index (χ4v) is 2.68. The van der Waals surface area contributed by atoms with Gasteiger partial charge in [-0.2, -0.15) is 0 Å². The van der Waals surface area contributed by atoms with Gasteiger partial charge in [-0.05, 0) is 42.6 Å². The van der Waals surface area contributed by atoms with Crippen molar-refractivity contribution in [3.8, 4) is 5.75 Å². The van der Waals surface area contributed by atoms with Crippen molar-refractivity contribution < 1.29 is 4.74 Å². The van der Waals surface area contributed by atoms with E-state index in [0.717, 1.165) is 38.3 Å². The van der Waals surface area contributed by atoms with Gasteiger partial charge in [0.1, 0.15) is 5.75 Å². The van der Waals surface area contributed by atoms with Gasteiger partial charge in [-0.3, -0.25) is 0 Å². The number of fused-ring (bicyclic) bond motifs is 1. The molecule has 0 fully saturated rings. The molecule has 1 aliphatic rings. The van der Waals surface area contributed by atoms with Gasteiger partial charge < -0.3 is 10.1 Å². The molecule has 0 aliphatic carbocycles. The Kier molecular flexibility index (Phi) is 4.03. The monoisotopic (exact) mass is 267 g/mol. The van der Waals surface area contributed by atoms with Crippen molar-refractivity contribution in [3.63, 3.8) is 0 Å². The van der Waals surface area contributed by atoms with E-state index in [2.05, 4.69) is 54.7 Å². The van der Waals surface area contributed by atoms with Crippen LogP contribution in [0.1, 0.15) is 22.3 Å². The highest BCUT2D eigenvalue weighted by molar-refractivity contribution is 5.39. The molecule has 2 aromatic rings. The van der Waals surface area contributed by atoms with E-state index in [0.29, 0.717) is 0 Å². The van der Waals surface area contributed by atoms with E-state index in [1.807, 2.05) is 0 Å². The van der Waals surface area contributed by atoms with Crippen LogP contribution < -0.4 is 10.1 Å². The van der Waals surface area contributed by atoms with Gasteiger partial charge in [0.25, 0.3) is 0 Å². The molecule has 1 heterocycles. The summed E-state index contributed by atoms with van der Waals surface area (Å²) in [5.74, 6) is 1.07. The van der Waals surface area contributed by atoms with E-state index in [9.17, 15) is 0 Å². The third-order valence-electron chi connectivity index (χ3n) is 3.76. The lowest BCUT2D eigenvalue weighted by Crippen LogP contribution is -2.16. The minimum Gasteiger partial charge on any atom is -0.493 e. The molecule has 3 rings (SSSR count). The quantitative estimate of drug-likeness (QED) is 0.840. The molecule has 0 spiro atoms. The molecule has 2 nitrogen and oxygen atoms in total. The maximum Gasteiger partial charge on any atom is 0.122 e. The van der Waals surface area contributed by atoms with Crippen LogP contribution >= 0.6 is 0 Å². The maximum atomic E-state index is 5.53. The lowest BCUT2D eigenvalue weighted by Gasteiger charge is -2.07. The Hall–Kier alpha value is -1.80. The van der Waals surface area contributed by atoms with Crippen molar-refractivity contribution >= 4 is 0 Å². The Morgan fingerprint density at radius 2 is 2.05 bits per heavy atom. The molecule has 0 radical (unpaired) electrons. The van der Waals surface area contributed by atoms with Gasteiger partial charge in [-0.25, -0.2) is 0 Å². The fraction of sp³-hybridized carbons (Fsp3) is 0.333. The van der Waals surface area contributed by atoms with Crippen molar-refractivity contribution in [3.05, 3.63) is 64.7 Å². The summed E-state index contributed by atoms with van der Waals surface area (Å²) in [6.07, 6.45) is 2.12. The second-order valence-electron chi connectivity index (χ2n) is 5.46. The van der Waals surface area contributed by atoms with E-state index in [4.69, 9.17) is 4.74 Å². The molecular weight excluding hydrogens is 246 g/mol. The Morgan fingerprint density at radius 3 is 2.95 bits per heavy atom. The first-order valence-electron chi connectivity index (χ1n) is 7.32. The highest BCUT2D eigenvalue weighted by Gasteiger charge is 2.11. The standard InChI is InChI=1S/C18H21NO/c1-14-3-2-4-16(11-14)13-19-9-7-15-5-6-18-17(12-15)8-10-20-18/h2-6,11-12,19H,7-10,13H2,1H3. The second-order valence-corrected chi connectivity index (χ2v) is 5.46. The lowest BCUT2D eigenvalue weighted by atomic mass is 10.1. The molecule has 2 aromatic carbocycles. The van der Waals surface area contributed by atoms with Crippen LogP contribution in [0.4, 0.5) is 0 Å². The largest absolute Gasteiger partial charge is 0.493 e. The molecule has 0 saturated heterocycles. The van der Waals surface area contributed by atoms with Crippen LogP contribution in [0.5, 0.6) is 5.75 Å². The first-order chi connectivity index (χ1) is 9.81. The van der Waals surface area contributed by atoms with Crippen molar-refractivity contribution in [1.29, 1.82) is 0 Å². The summed E-state index contributed by atoms with van der Waals surface area (Å²) in [4.78, 5) is 0. The molecule has 2 heteroatoms. The van der Waals surface area contributed by atoms with Gasteiger partial charge in [-0.1, -0.05) is 42.0 Å². The summed E-state index contributed by atoms with van der Waals surface area (Å²) < 4.78 is 5.53. The number of aryl methyl sites for hydroxylation is 1. The Morgan fingerprint density at radius 1 is 1.10 bits per heavy atom. The number of hydrogen-bond acceptors (Lipinski definition) is 2. The predicted octanol–water partition coefficient (Wildman–Crippen LogP) is 3.26. The molecule has 0 saturated carbocycles. The van der Waals surface area contributed by atoms with Crippen molar-refractivity contribution in [2.45, 2.75) is 26.3 Å². The smallest absolute Gasteiger partial charge is 0.122 e. The van der Waals surface area contributed by atoms with Crippen molar-refractivity contribution in [2.75, 3.05) is 13.2 Å². The molecular formula is C18H21NO. The zero-order valence-corrected chi connectivity index (χ0v) is 12.0. The lowest BCUT2D eigenvalue weighted by molar-refractivity contribution is 0.357. The van der Waals surface area contributed by atoms with Gasteiger partial charge >= 0.3 is 0 Å². The molecule has 0 bridgehead atoms. The summed E-state index contributed by atoms with van der Waals surface area (Å²) in [6, 6.07) is 15.2. The molecule has 1 N–H and O–H groups in total. The fourth-order valence-electron chi connectivity index (χ4n) is 2.68. The van der Waals surface area contributed by atoms with Crippen LogP contribution in [0.15, 0.2) is 42.5 Å². The molecule has 0 atom stereocenters. The average molecular weight is 267 g/mol. The summed E-state index contributed by atoms with van der Waals surface area (Å²) >= 11 is 0. The van der Waals surface area contributed by atoms with E-state index < -0.39 is 0 Å². The van der Waals surface area contributed by atoms with Gasteiger partial charge in [-0.15, -0.1) is 0 Å². The van der Waals surface area contributed by atoms with Crippen LogP contribution in [-0.2, 0) is 19.4 Å². The number of nitrogens with one attached hydrogen (secondary N) is 1. The summed E-state index contributed by atoms with van der Waals surface area (Å²) in [7, 11) is 0. The SMILES string of the molecule is Cc1cccc(CNCCc2ccc3c(c2)CCO3)c1. The van der Waals surface area contributed by atoms with Gasteiger partial charge in [0, 0.05) is 13.0 Å². The topological polar surface area (TPSA) is 21.3 Å². The first kappa shape index (κ1) is 13.2. The van der Waals surface area contributed by atoms with E-state index in [1.165, 1.54) is 22.3 Å². The first-order valence-corrected chi connectivity index (χ1v) is 7.32. The zero-order chi connectivity index (χ0) is 13.8.